The van der Waals surface area contributed by atoms with Gasteiger partial charge in [0, 0.05) is 34.0 Å². The monoisotopic (exact) mass is 526 g/mol. The Morgan fingerprint density at radius 1 is 0.553 bits per heavy atom. The maximum atomic E-state index is 13.0. The van der Waals surface area contributed by atoms with Gasteiger partial charge in [0.05, 0.1) is 52.9 Å². The summed E-state index contributed by atoms with van der Waals surface area (Å²) in [4.78, 5) is 18.3. The van der Waals surface area contributed by atoms with Gasteiger partial charge in [0.25, 0.3) is 0 Å². The number of rotatable bonds is 20. The first-order chi connectivity index (χ1) is 18.7. The molecule has 0 radical (unpaired) electrons. The van der Waals surface area contributed by atoms with Gasteiger partial charge < -0.3 is 28.4 Å². The Kier molecular flexibility index (Phi) is 12.7. The summed E-state index contributed by atoms with van der Waals surface area (Å²) in [7, 11) is 0. The van der Waals surface area contributed by atoms with Gasteiger partial charge in [0.2, 0.25) is 0 Å². The quantitative estimate of drug-likeness (QED) is 0.0912. The Morgan fingerprint density at radius 3 is 1.37 bits per heavy atom. The lowest BCUT2D eigenvalue weighted by Gasteiger charge is -2.09. The van der Waals surface area contributed by atoms with Gasteiger partial charge in [-0.3, -0.25) is 4.79 Å². The van der Waals surface area contributed by atoms with E-state index >= 15 is 0 Å². The number of nitrogens with zero attached hydrogens (tertiary/aromatic N) is 6. The van der Waals surface area contributed by atoms with Crippen molar-refractivity contribution in [2.24, 2.45) is 10.2 Å². The maximum absolute atomic E-state index is 13.0. The van der Waals surface area contributed by atoms with Crippen molar-refractivity contribution in [3.8, 4) is 22.6 Å². The molecule has 38 heavy (non-hydrogen) atoms. The third kappa shape index (κ3) is 9.24. The summed E-state index contributed by atoms with van der Waals surface area (Å²) in [6.45, 7) is 4.34. The van der Waals surface area contributed by atoms with Gasteiger partial charge in [-0.05, 0) is 58.6 Å². The zero-order valence-electron chi connectivity index (χ0n) is 21.0. The van der Waals surface area contributed by atoms with Gasteiger partial charge in [-0.1, -0.05) is 10.2 Å². The standard InChI is InChI=1S/C25H30N6O7/c26-30-28-5-7-33-9-11-35-13-15-37-19-1-3-21-22-4-2-20(18-24(22)25(32)23(21)17-19)38-16-14-36-12-10-34-8-6-29-31-27/h1-4,17-18H,5-16H2. The first-order valence-electron chi connectivity index (χ1n) is 12.2. The van der Waals surface area contributed by atoms with E-state index in [9.17, 15) is 4.79 Å². The summed E-state index contributed by atoms with van der Waals surface area (Å²) in [5, 5.41) is 6.76. The molecule has 0 aliphatic heterocycles. The van der Waals surface area contributed by atoms with Crippen LogP contribution in [0.5, 0.6) is 11.5 Å². The van der Waals surface area contributed by atoms with Crippen LogP contribution in [0, 0.1) is 0 Å². The van der Waals surface area contributed by atoms with Crippen LogP contribution >= 0.6 is 0 Å². The fraction of sp³-hybridized carbons (Fsp3) is 0.480. The highest BCUT2D eigenvalue weighted by atomic mass is 16.5. The van der Waals surface area contributed by atoms with E-state index in [2.05, 4.69) is 20.1 Å². The lowest BCUT2D eigenvalue weighted by Crippen LogP contribution is -2.12. The van der Waals surface area contributed by atoms with Crippen LogP contribution in [0.2, 0.25) is 0 Å². The molecule has 202 valence electrons. The number of azide groups is 2. The molecule has 0 aromatic heterocycles. The average Bonchev–Trinajstić information content (AvgIpc) is 3.21. The fourth-order valence-corrected chi connectivity index (χ4v) is 3.60. The Hall–Kier alpha value is -3.83. The normalized spacial score (nSPS) is 11.3. The highest BCUT2D eigenvalue weighted by molar-refractivity contribution is 6.22. The van der Waals surface area contributed by atoms with E-state index in [0.29, 0.717) is 102 Å². The van der Waals surface area contributed by atoms with E-state index in [1.54, 1.807) is 12.1 Å². The topological polar surface area (TPSA) is 170 Å². The van der Waals surface area contributed by atoms with Crippen LogP contribution in [-0.4, -0.2) is 84.9 Å². The van der Waals surface area contributed by atoms with Crippen molar-refractivity contribution in [1.29, 1.82) is 0 Å². The van der Waals surface area contributed by atoms with Gasteiger partial charge in [0.15, 0.2) is 5.78 Å². The van der Waals surface area contributed by atoms with Crippen molar-refractivity contribution in [1.82, 2.24) is 0 Å². The molecule has 0 amide bonds. The smallest absolute Gasteiger partial charge is 0.194 e. The number of fused-ring (bicyclic) bond motifs is 3. The number of hydrogen-bond acceptors (Lipinski definition) is 9. The van der Waals surface area contributed by atoms with Crippen molar-refractivity contribution in [2.75, 3.05) is 79.2 Å². The Labute approximate surface area is 219 Å². The minimum Gasteiger partial charge on any atom is -0.491 e. The SMILES string of the molecule is [N-]=[N+]=NCCOCCOCCOc1ccc2c(c1)C(=O)c1cc(OCCOCCOCCN=[N+]=[N-])ccc1-2. The molecule has 0 saturated heterocycles. The number of hydrogen-bond donors (Lipinski definition) is 0. The molecule has 13 heteroatoms. The molecular formula is C25H30N6O7. The molecule has 0 atom stereocenters. The molecule has 0 fully saturated rings. The molecular weight excluding hydrogens is 496 g/mol. The highest BCUT2D eigenvalue weighted by Gasteiger charge is 2.27. The molecule has 0 bridgehead atoms. The molecule has 1 aliphatic carbocycles. The van der Waals surface area contributed by atoms with Crippen LogP contribution in [-0.2, 0) is 18.9 Å². The summed E-state index contributed by atoms with van der Waals surface area (Å²) >= 11 is 0. The minimum atomic E-state index is -0.0748. The van der Waals surface area contributed by atoms with E-state index in [1.165, 1.54) is 0 Å². The Balaban J connectivity index is 1.36. The lowest BCUT2D eigenvalue weighted by atomic mass is 10.1. The minimum absolute atomic E-state index is 0.0748. The van der Waals surface area contributed by atoms with E-state index < -0.39 is 0 Å². The largest absolute Gasteiger partial charge is 0.491 e. The van der Waals surface area contributed by atoms with Gasteiger partial charge in [-0.25, -0.2) is 0 Å². The van der Waals surface area contributed by atoms with E-state index in [-0.39, 0.29) is 5.78 Å². The Morgan fingerprint density at radius 2 is 0.947 bits per heavy atom. The number of ketones is 1. The van der Waals surface area contributed by atoms with Crippen molar-refractivity contribution in [3.63, 3.8) is 0 Å². The van der Waals surface area contributed by atoms with Crippen LogP contribution in [0.3, 0.4) is 0 Å². The van der Waals surface area contributed by atoms with Gasteiger partial charge >= 0.3 is 0 Å². The van der Waals surface area contributed by atoms with E-state index in [0.717, 1.165) is 11.1 Å². The molecule has 0 saturated carbocycles. The van der Waals surface area contributed by atoms with E-state index in [1.807, 2.05) is 24.3 Å². The van der Waals surface area contributed by atoms with Crippen LogP contribution in [0.1, 0.15) is 15.9 Å². The van der Waals surface area contributed by atoms with Gasteiger partial charge in [-0.15, -0.1) is 0 Å². The molecule has 3 rings (SSSR count). The summed E-state index contributed by atoms with van der Waals surface area (Å²) < 4.78 is 32.9. The fourth-order valence-electron chi connectivity index (χ4n) is 3.60. The highest BCUT2D eigenvalue weighted by Crippen LogP contribution is 2.39. The summed E-state index contributed by atoms with van der Waals surface area (Å²) in [6, 6.07) is 10.9. The molecule has 0 unspecified atom stereocenters. The van der Waals surface area contributed by atoms with Crippen molar-refractivity contribution in [2.45, 2.75) is 0 Å². The van der Waals surface area contributed by atoms with Crippen molar-refractivity contribution >= 4 is 5.78 Å². The predicted molar refractivity (Wildman–Crippen MR) is 138 cm³/mol. The van der Waals surface area contributed by atoms with Crippen LogP contribution in [0.4, 0.5) is 0 Å². The second-order valence-electron chi connectivity index (χ2n) is 7.80. The van der Waals surface area contributed by atoms with Crippen LogP contribution in [0.15, 0.2) is 46.6 Å². The van der Waals surface area contributed by atoms with Gasteiger partial charge in [-0.2, -0.15) is 0 Å². The van der Waals surface area contributed by atoms with Crippen molar-refractivity contribution < 1.29 is 33.2 Å². The van der Waals surface area contributed by atoms with E-state index in [4.69, 9.17) is 39.5 Å². The summed E-state index contributed by atoms with van der Waals surface area (Å²) in [5.74, 6) is 1.11. The second-order valence-corrected chi connectivity index (χ2v) is 7.80. The predicted octanol–water partition coefficient (Wildman–Crippen LogP) is 4.34. The average molecular weight is 527 g/mol. The maximum Gasteiger partial charge on any atom is 0.194 e. The first-order valence-corrected chi connectivity index (χ1v) is 12.2. The zero-order valence-corrected chi connectivity index (χ0v) is 21.0. The molecule has 0 spiro atoms. The van der Waals surface area contributed by atoms with Crippen LogP contribution < -0.4 is 9.47 Å². The molecule has 1 aliphatic rings. The number of benzene rings is 2. The third-order valence-electron chi connectivity index (χ3n) is 5.30. The van der Waals surface area contributed by atoms with Gasteiger partial charge in [0.1, 0.15) is 24.7 Å². The zero-order chi connectivity index (χ0) is 26.8. The third-order valence-corrected chi connectivity index (χ3v) is 5.30. The summed E-state index contributed by atoms with van der Waals surface area (Å²) in [6.07, 6.45) is 0. The van der Waals surface area contributed by atoms with Crippen LogP contribution in [0.25, 0.3) is 32.0 Å². The molecule has 0 N–H and O–H groups in total. The summed E-state index contributed by atoms with van der Waals surface area (Å²) in [5.41, 5.74) is 19.3. The molecule has 13 nitrogen and oxygen atoms in total. The lowest BCUT2D eigenvalue weighted by molar-refractivity contribution is 0.0388. The molecule has 2 aromatic rings. The number of carbonyl (C=O) groups excluding carboxylic acids is 1. The number of ether oxygens (including phenoxy) is 6. The Bertz CT molecular complexity index is 1060. The molecule has 0 heterocycles. The second kappa shape index (κ2) is 16.8. The number of carbonyl (C=O) groups is 1. The molecule has 2 aromatic carbocycles. The van der Waals surface area contributed by atoms with Crippen molar-refractivity contribution in [3.05, 3.63) is 68.4 Å². The first kappa shape index (κ1) is 28.7.